The average Bonchev–Trinajstić information content (AvgIpc) is 2.79. The highest BCUT2D eigenvalue weighted by Crippen LogP contribution is 2.20. The highest BCUT2D eigenvalue weighted by atomic mass is 35.5. The first-order chi connectivity index (χ1) is 14.2. The highest BCUT2D eigenvalue weighted by Gasteiger charge is 2.21. The number of hydrogen-bond donors (Lipinski definition) is 1. The molecule has 0 unspecified atom stereocenters. The van der Waals surface area contributed by atoms with Gasteiger partial charge in [0.25, 0.3) is 5.91 Å². The van der Waals surface area contributed by atoms with E-state index in [1.54, 1.807) is 18.2 Å². The number of carbonyl (C=O) groups excluding carboxylic acids is 1. The zero-order valence-electron chi connectivity index (χ0n) is 16.1. The van der Waals surface area contributed by atoms with Gasteiger partial charge in [0, 0.05) is 43.8 Å². The summed E-state index contributed by atoms with van der Waals surface area (Å²) >= 11 is 5.92. The van der Waals surface area contributed by atoms with Gasteiger partial charge in [-0.2, -0.15) is 4.98 Å². The second kappa shape index (κ2) is 9.39. The van der Waals surface area contributed by atoms with Gasteiger partial charge in [0.05, 0.1) is 26.4 Å². The molecular weight excluding hydrogens is 394 g/mol. The second-order valence-corrected chi connectivity index (χ2v) is 7.36. The molecule has 0 atom stereocenters. The van der Waals surface area contributed by atoms with E-state index >= 15 is 0 Å². The number of morpholine rings is 2. The van der Waals surface area contributed by atoms with Crippen LogP contribution < -0.4 is 15.1 Å². The molecule has 0 saturated carbocycles. The molecule has 0 radical (unpaired) electrons. The summed E-state index contributed by atoms with van der Waals surface area (Å²) in [5, 5.41) is 3.60. The third kappa shape index (κ3) is 5.14. The lowest BCUT2D eigenvalue weighted by atomic mass is 10.2. The van der Waals surface area contributed by atoms with E-state index in [1.165, 1.54) is 0 Å². The molecule has 3 heterocycles. The lowest BCUT2D eigenvalue weighted by Crippen LogP contribution is -2.40. The van der Waals surface area contributed by atoms with Crippen LogP contribution in [0.25, 0.3) is 0 Å². The van der Waals surface area contributed by atoms with Gasteiger partial charge in [0.2, 0.25) is 5.95 Å². The predicted octanol–water partition coefficient (Wildman–Crippen LogP) is 1.73. The number of rotatable bonds is 5. The molecule has 29 heavy (non-hydrogen) atoms. The topological polar surface area (TPSA) is 79.8 Å². The molecule has 2 aromatic rings. The molecule has 8 nitrogen and oxygen atoms in total. The van der Waals surface area contributed by atoms with Crippen LogP contribution in [0.3, 0.4) is 0 Å². The zero-order chi connectivity index (χ0) is 20.1. The summed E-state index contributed by atoms with van der Waals surface area (Å²) in [4.78, 5) is 26.3. The van der Waals surface area contributed by atoms with Crippen molar-refractivity contribution >= 4 is 29.3 Å². The summed E-state index contributed by atoms with van der Waals surface area (Å²) in [6.07, 6.45) is 0. The van der Waals surface area contributed by atoms with Gasteiger partial charge in [-0.05, 0) is 17.7 Å². The molecule has 0 spiro atoms. The van der Waals surface area contributed by atoms with Gasteiger partial charge in [-0.15, -0.1) is 0 Å². The standard InChI is InChI=1S/C20H24ClN5O3/c21-16-3-1-15(2-4-16)14-22-19(27)17-13-18(25-5-9-28-10-6-25)24-20(23-17)26-7-11-29-12-8-26/h1-4,13H,5-12,14H2,(H,22,27). The zero-order valence-corrected chi connectivity index (χ0v) is 16.9. The van der Waals surface area contributed by atoms with Crippen LogP contribution in [0.2, 0.25) is 5.02 Å². The van der Waals surface area contributed by atoms with Gasteiger partial charge in [-0.3, -0.25) is 4.79 Å². The number of nitrogens with one attached hydrogen (secondary N) is 1. The van der Waals surface area contributed by atoms with E-state index < -0.39 is 0 Å². The quantitative estimate of drug-likeness (QED) is 0.793. The van der Waals surface area contributed by atoms with Crippen molar-refractivity contribution < 1.29 is 14.3 Å². The number of halogens is 1. The lowest BCUT2D eigenvalue weighted by molar-refractivity contribution is 0.0945. The fourth-order valence-corrected chi connectivity index (χ4v) is 3.40. The Hall–Kier alpha value is -2.42. The molecule has 2 aliphatic heterocycles. The molecule has 154 valence electrons. The van der Waals surface area contributed by atoms with Crippen molar-refractivity contribution in [3.8, 4) is 0 Å². The molecule has 1 aromatic carbocycles. The van der Waals surface area contributed by atoms with Crippen LogP contribution in [0, 0.1) is 0 Å². The van der Waals surface area contributed by atoms with E-state index in [9.17, 15) is 4.79 Å². The largest absolute Gasteiger partial charge is 0.378 e. The van der Waals surface area contributed by atoms with E-state index in [-0.39, 0.29) is 5.91 Å². The van der Waals surface area contributed by atoms with Crippen LogP contribution in [0.5, 0.6) is 0 Å². The van der Waals surface area contributed by atoms with E-state index in [2.05, 4.69) is 20.1 Å². The Morgan fingerprint density at radius 2 is 1.59 bits per heavy atom. The monoisotopic (exact) mass is 417 g/mol. The van der Waals surface area contributed by atoms with Crippen LogP contribution in [-0.2, 0) is 16.0 Å². The first-order valence-corrected chi connectivity index (χ1v) is 10.1. The Balaban J connectivity index is 1.54. The summed E-state index contributed by atoms with van der Waals surface area (Å²) < 4.78 is 10.9. The molecule has 0 aliphatic carbocycles. The number of anilines is 2. The van der Waals surface area contributed by atoms with Crippen LogP contribution in [0.4, 0.5) is 11.8 Å². The van der Waals surface area contributed by atoms with Crippen molar-refractivity contribution in [3.05, 3.63) is 46.6 Å². The van der Waals surface area contributed by atoms with Crippen molar-refractivity contribution in [2.75, 3.05) is 62.4 Å². The van der Waals surface area contributed by atoms with Gasteiger partial charge < -0.3 is 24.6 Å². The Kier molecular flexibility index (Phi) is 6.43. The van der Waals surface area contributed by atoms with E-state index in [1.807, 2.05) is 12.1 Å². The third-order valence-electron chi connectivity index (χ3n) is 4.93. The molecular formula is C20H24ClN5O3. The molecule has 0 bridgehead atoms. The van der Waals surface area contributed by atoms with E-state index in [0.717, 1.165) is 24.5 Å². The number of hydrogen-bond acceptors (Lipinski definition) is 7. The Morgan fingerprint density at radius 3 is 2.24 bits per heavy atom. The minimum atomic E-state index is -0.230. The van der Waals surface area contributed by atoms with Crippen LogP contribution in [-0.4, -0.2) is 68.5 Å². The lowest BCUT2D eigenvalue weighted by Gasteiger charge is -2.31. The summed E-state index contributed by atoms with van der Waals surface area (Å²) in [5.41, 5.74) is 1.33. The van der Waals surface area contributed by atoms with Crippen LogP contribution in [0.15, 0.2) is 30.3 Å². The fraction of sp³-hybridized carbons (Fsp3) is 0.450. The Labute approximate surface area is 174 Å². The fourth-order valence-electron chi connectivity index (χ4n) is 3.27. The number of ether oxygens (including phenoxy) is 2. The van der Waals surface area contributed by atoms with Crippen molar-refractivity contribution in [2.45, 2.75) is 6.54 Å². The maximum atomic E-state index is 12.8. The van der Waals surface area contributed by atoms with E-state index in [0.29, 0.717) is 62.7 Å². The normalized spacial score (nSPS) is 17.3. The maximum absolute atomic E-state index is 12.8. The van der Waals surface area contributed by atoms with Crippen molar-refractivity contribution in [1.29, 1.82) is 0 Å². The first kappa shape index (κ1) is 19.9. The number of benzene rings is 1. The number of nitrogens with zero attached hydrogens (tertiary/aromatic N) is 4. The molecule has 1 N–H and O–H groups in total. The predicted molar refractivity (Wildman–Crippen MR) is 111 cm³/mol. The van der Waals surface area contributed by atoms with Crippen molar-refractivity contribution in [2.24, 2.45) is 0 Å². The molecule has 1 amide bonds. The van der Waals surface area contributed by atoms with Crippen LogP contribution >= 0.6 is 11.6 Å². The van der Waals surface area contributed by atoms with Gasteiger partial charge in [-0.1, -0.05) is 23.7 Å². The second-order valence-electron chi connectivity index (χ2n) is 6.92. The van der Waals surface area contributed by atoms with Crippen molar-refractivity contribution in [1.82, 2.24) is 15.3 Å². The molecule has 1 aromatic heterocycles. The van der Waals surface area contributed by atoms with Crippen molar-refractivity contribution in [3.63, 3.8) is 0 Å². The number of aromatic nitrogens is 2. The molecule has 2 fully saturated rings. The Bertz CT molecular complexity index is 800. The first-order valence-electron chi connectivity index (χ1n) is 9.76. The molecule has 4 rings (SSSR count). The summed E-state index contributed by atoms with van der Waals surface area (Å²) in [6, 6.07) is 9.15. The van der Waals surface area contributed by atoms with Gasteiger partial charge in [-0.25, -0.2) is 4.98 Å². The summed E-state index contributed by atoms with van der Waals surface area (Å²) in [7, 11) is 0. The molecule has 2 aliphatic rings. The maximum Gasteiger partial charge on any atom is 0.270 e. The highest BCUT2D eigenvalue weighted by molar-refractivity contribution is 6.30. The van der Waals surface area contributed by atoms with E-state index in [4.69, 9.17) is 26.1 Å². The minimum absolute atomic E-state index is 0.230. The summed E-state index contributed by atoms with van der Waals surface area (Å²) in [6.45, 7) is 5.85. The van der Waals surface area contributed by atoms with Gasteiger partial charge in [0.1, 0.15) is 11.5 Å². The Morgan fingerprint density at radius 1 is 0.966 bits per heavy atom. The average molecular weight is 418 g/mol. The SMILES string of the molecule is O=C(NCc1ccc(Cl)cc1)c1cc(N2CCOCC2)nc(N2CCOCC2)n1. The smallest absolute Gasteiger partial charge is 0.270 e. The minimum Gasteiger partial charge on any atom is -0.378 e. The number of carbonyl (C=O) groups is 1. The summed E-state index contributed by atoms with van der Waals surface area (Å²) in [5.74, 6) is 1.08. The van der Waals surface area contributed by atoms with Crippen LogP contribution in [0.1, 0.15) is 16.1 Å². The number of amides is 1. The molecule has 9 heteroatoms. The third-order valence-corrected chi connectivity index (χ3v) is 5.18. The molecule has 2 saturated heterocycles. The van der Waals surface area contributed by atoms with Gasteiger partial charge >= 0.3 is 0 Å². The van der Waals surface area contributed by atoms with Gasteiger partial charge in [0.15, 0.2) is 0 Å².